The summed E-state index contributed by atoms with van der Waals surface area (Å²) in [6.45, 7) is 39.1. The van der Waals surface area contributed by atoms with Crippen LogP contribution in [0.2, 0.25) is 0 Å². The Balaban J connectivity index is 0.000000116. The van der Waals surface area contributed by atoms with Gasteiger partial charge in [-0.1, -0.05) is 285 Å². The first kappa shape index (κ1) is 89.2. The van der Waals surface area contributed by atoms with E-state index in [4.69, 9.17) is 32.9 Å². The van der Waals surface area contributed by atoms with Gasteiger partial charge >= 0.3 is 0 Å². The number of aromatic nitrogens is 6. The van der Waals surface area contributed by atoms with Gasteiger partial charge in [0.1, 0.15) is 0 Å². The molecule has 0 atom stereocenters. The molecule has 150 heavy (non-hydrogen) atoms. The summed E-state index contributed by atoms with van der Waals surface area (Å²) in [5, 5.41) is 51.7. The molecule has 27 rings (SSSR count). The Bertz CT molecular complexity index is 10600. The number of nitrogens with zero attached hydrogens (tertiary/aromatic N) is 15. The molecule has 0 saturated heterocycles. The predicted molar refractivity (Wildman–Crippen MR) is 608 cm³/mol. The summed E-state index contributed by atoms with van der Waals surface area (Å²) in [4.78, 5) is 18.9. The number of nitriles is 4. The summed E-state index contributed by atoms with van der Waals surface area (Å²) < 4.78 is 13.3. The molecule has 0 radical (unpaired) electrons. The van der Waals surface area contributed by atoms with Crippen molar-refractivity contribution in [2.75, 3.05) is 0 Å². The predicted octanol–water partition coefficient (Wildman–Crippen LogP) is 35.9. The normalized spacial score (nSPS) is 11.1. The number of benzene rings is 21. The van der Waals surface area contributed by atoms with Crippen LogP contribution < -0.4 is 0 Å². The zero-order valence-corrected chi connectivity index (χ0v) is 80.0. The van der Waals surface area contributed by atoms with Crippen LogP contribution in [0, 0.1) is 78.2 Å². The Morgan fingerprint density at radius 3 is 0.833 bits per heavy atom. The third-order valence-electron chi connectivity index (χ3n) is 28.8. The van der Waals surface area contributed by atoms with Gasteiger partial charge in [0.25, 0.3) is 0 Å². The van der Waals surface area contributed by atoms with E-state index in [1.807, 2.05) is 182 Å². The lowest BCUT2D eigenvalue weighted by molar-refractivity contribution is 1.18. The first-order valence-electron chi connectivity index (χ1n) is 48.7. The van der Waals surface area contributed by atoms with Crippen molar-refractivity contribution in [1.82, 2.24) is 27.4 Å². The number of rotatable bonds is 12. The van der Waals surface area contributed by atoms with Crippen molar-refractivity contribution in [3.8, 4) is 125 Å². The van der Waals surface area contributed by atoms with E-state index in [-0.39, 0.29) is 0 Å². The molecular weight excluding hydrogens is 1830 g/mol. The van der Waals surface area contributed by atoms with Crippen LogP contribution in [0.15, 0.2) is 455 Å². The zero-order chi connectivity index (χ0) is 101. The van der Waals surface area contributed by atoms with E-state index in [2.05, 4.69) is 337 Å². The van der Waals surface area contributed by atoms with Gasteiger partial charge in [-0.05, 0) is 231 Å². The Kier molecular flexibility index (Phi) is 22.0. The highest BCUT2D eigenvalue weighted by molar-refractivity contribution is 6.18. The quantitative estimate of drug-likeness (QED) is 0.112. The van der Waals surface area contributed by atoms with Gasteiger partial charge in [0.05, 0.1) is 146 Å². The molecule has 0 amide bonds. The molecule has 0 bridgehead atoms. The molecule has 0 spiro atoms. The van der Waals surface area contributed by atoms with Gasteiger partial charge < -0.3 is 27.4 Å². The summed E-state index contributed by atoms with van der Waals surface area (Å²) >= 11 is 0. The van der Waals surface area contributed by atoms with Crippen LogP contribution in [-0.2, 0) is 0 Å². The minimum Gasteiger partial charge on any atom is -0.319 e. The molecule has 0 aliphatic carbocycles. The average Bonchev–Trinajstić information content (AvgIpc) is 1.57. The van der Waals surface area contributed by atoms with Crippen LogP contribution in [0.5, 0.6) is 0 Å². The smallest absolute Gasteiger partial charge is 0.211 e. The first-order valence-corrected chi connectivity index (χ1v) is 48.7. The van der Waals surface area contributed by atoms with Crippen molar-refractivity contribution in [1.29, 1.82) is 21.0 Å². The molecule has 6 aromatic heterocycles. The Morgan fingerprint density at radius 2 is 0.453 bits per heavy atom. The summed E-state index contributed by atoms with van der Waals surface area (Å²) in [6.07, 6.45) is 0. The van der Waals surface area contributed by atoms with Crippen molar-refractivity contribution >= 4 is 159 Å². The van der Waals surface area contributed by atoms with Crippen LogP contribution in [-0.4, -0.2) is 27.4 Å². The van der Waals surface area contributed by atoms with E-state index in [9.17, 15) is 21.0 Å². The number of para-hydroxylation sites is 7. The summed E-state index contributed by atoms with van der Waals surface area (Å²) in [5.41, 5.74) is 35.2. The lowest BCUT2D eigenvalue weighted by Gasteiger charge is -2.18. The van der Waals surface area contributed by atoms with Crippen molar-refractivity contribution in [2.24, 2.45) is 0 Å². The molecule has 15 heteroatoms. The second-order valence-electron chi connectivity index (χ2n) is 36.8. The van der Waals surface area contributed by atoms with Crippen LogP contribution in [0.25, 0.3) is 256 Å². The van der Waals surface area contributed by atoms with Gasteiger partial charge in [-0.25, -0.2) is 24.2 Å². The monoisotopic (exact) mass is 1910 g/mol. The van der Waals surface area contributed by atoms with Crippen LogP contribution in [0.4, 0.5) is 28.4 Å². The topological polar surface area (TPSA) is 147 Å². The molecule has 690 valence electrons. The second-order valence-corrected chi connectivity index (χ2v) is 36.8. The lowest BCUT2D eigenvalue weighted by Crippen LogP contribution is -1.98. The maximum Gasteiger partial charge on any atom is 0.211 e. The van der Waals surface area contributed by atoms with E-state index in [1.165, 1.54) is 43.6 Å². The van der Waals surface area contributed by atoms with Gasteiger partial charge in [0, 0.05) is 105 Å². The molecule has 21 aromatic carbocycles. The minimum atomic E-state index is 0.511. The van der Waals surface area contributed by atoms with Crippen molar-refractivity contribution in [2.45, 2.75) is 0 Å². The largest absolute Gasteiger partial charge is 0.319 e. The molecule has 0 aliphatic heterocycles. The lowest BCUT2D eigenvalue weighted by atomic mass is 9.93. The van der Waals surface area contributed by atoms with Gasteiger partial charge in [0.2, 0.25) is 5.69 Å². The highest BCUT2D eigenvalue weighted by atomic mass is 15.0. The van der Waals surface area contributed by atoms with E-state index < -0.39 is 0 Å². The Labute approximate surface area is 861 Å². The zero-order valence-electron chi connectivity index (χ0n) is 80.0. The third kappa shape index (κ3) is 14.8. The van der Waals surface area contributed by atoms with E-state index >= 15 is 0 Å². The van der Waals surface area contributed by atoms with Crippen molar-refractivity contribution < 1.29 is 0 Å². The maximum absolute atomic E-state index is 10.1. The van der Waals surface area contributed by atoms with E-state index in [0.717, 1.165) is 188 Å². The summed E-state index contributed by atoms with van der Waals surface area (Å²) in [6, 6.07) is 163. The van der Waals surface area contributed by atoms with Gasteiger partial charge in [-0.3, -0.25) is 0 Å². The molecule has 6 heterocycles. The number of hydrogen-bond acceptors (Lipinski definition) is 4. The molecule has 15 nitrogen and oxygen atoms in total. The molecule has 0 saturated carbocycles. The Hall–Kier alpha value is -22.2. The van der Waals surface area contributed by atoms with Crippen molar-refractivity contribution in [3.63, 3.8) is 0 Å². The fourth-order valence-electron chi connectivity index (χ4n) is 22.3. The Morgan fingerprint density at radius 1 is 0.180 bits per heavy atom. The molecule has 0 unspecified atom stereocenters. The summed E-state index contributed by atoms with van der Waals surface area (Å²) in [5.74, 6) is 0. The van der Waals surface area contributed by atoms with Gasteiger partial charge in [0.15, 0.2) is 22.7 Å². The van der Waals surface area contributed by atoms with Gasteiger partial charge in [-0.2, -0.15) is 21.0 Å². The van der Waals surface area contributed by atoms with E-state index in [0.29, 0.717) is 50.7 Å². The third-order valence-corrected chi connectivity index (χ3v) is 28.8. The fourth-order valence-corrected chi connectivity index (χ4v) is 22.3. The van der Waals surface area contributed by atoms with E-state index in [1.54, 1.807) is 12.1 Å². The molecule has 0 N–H and O–H groups in total. The maximum atomic E-state index is 10.1. The molecule has 0 aliphatic rings. The minimum absolute atomic E-state index is 0.511. The fraction of sp³-hybridized carbons (Fsp3) is 0. The first-order chi connectivity index (χ1) is 74.0. The van der Waals surface area contributed by atoms with Crippen LogP contribution >= 0.6 is 0 Å². The van der Waals surface area contributed by atoms with Crippen LogP contribution in [0.3, 0.4) is 0 Å². The standard InChI is InChI=1S/3C45H25N5/c1-47-31-21-24-37(44(27-31)50-42-17-8-6-13-36(42)39-26-29(28-46)18-25-43(39)50)34-11-4-3-10-33(34)30-19-22-32(23-20-30)49-41-16-7-5-12-35(41)38-14-9-15-40(48-2)45(38)49;1-47-31-19-24-44-40(26-31)39-25-29(28-46)15-23-43(39)50(44)45-27-32(48-2)18-22-38(45)35-10-4-3-9-34(35)30-16-20-33(21-17-30)49-41-13-7-5-11-36(41)37-12-6-8-14-42(37)49;1-48-32-20-23-38(44(26-32)50-42-24-17-29(27-46)25-39(42)45-31(28-47)9-8-16-43(45)50)35-11-3-2-10-34(35)30-18-21-33(22-19-30)49-40-14-6-4-12-36(40)37-13-5-7-15-41(37)49/h2*3-27H;2-26H. The number of fused-ring (bicyclic) bond motifs is 18. The van der Waals surface area contributed by atoms with Gasteiger partial charge in [-0.15, -0.1) is 0 Å². The second kappa shape index (κ2) is 37.0. The highest BCUT2D eigenvalue weighted by Crippen LogP contribution is 2.50. The number of hydrogen-bond donors (Lipinski definition) is 0. The molecule has 27 aromatic rings. The SMILES string of the molecule is [C-]#[N+]c1ccc(-c2ccccc2-c2ccc(-n3c4ccccc4c4cccc([N+]#[C-])c43)cc2)c(-n2c3ccccc3c3cc(C#N)ccc32)c1.[C-]#[N+]c1ccc(-c2ccccc2-c2ccc(-n3c4ccccc4c4ccccc43)cc2)c(-n2c3ccc(C#N)cc3c3c(C#N)cccc32)c1.[C-]#[N+]c1ccc(-c2ccccc2-c2ccc(-n3c4ccccc4c4ccccc43)cc2)c(-n2c3ccc(C#N)cc3c3cc([N+]#[C-])ccc32)c1. The summed E-state index contributed by atoms with van der Waals surface area (Å²) in [7, 11) is 0. The van der Waals surface area contributed by atoms with Crippen molar-refractivity contribution in [3.05, 3.63) is 534 Å². The van der Waals surface area contributed by atoms with Crippen LogP contribution in [0.1, 0.15) is 22.3 Å². The highest BCUT2D eigenvalue weighted by Gasteiger charge is 2.27. The average molecular weight is 1910 g/mol. The molecular formula is C135H75N15. The molecule has 0 fully saturated rings.